The first kappa shape index (κ1) is 18.6. The van der Waals surface area contributed by atoms with E-state index in [0.717, 1.165) is 16.7 Å². The summed E-state index contributed by atoms with van der Waals surface area (Å²) in [5.41, 5.74) is 3.65. The van der Waals surface area contributed by atoms with Gasteiger partial charge in [0.1, 0.15) is 5.69 Å². The number of hydrogen-bond donors (Lipinski definition) is 1. The molecule has 1 atom stereocenters. The van der Waals surface area contributed by atoms with Gasteiger partial charge in [-0.2, -0.15) is 0 Å². The van der Waals surface area contributed by atoms with Crippen molar-refractivity contribution in [2.24, 2.45) is 7.05 Å². The molecule has 0 aliphatic carbocycles. The molecule has 1 heterocycles. The van der Waals surface area contributed by atoms with Crippen LogP contribution >= 0.6 is 0 Å². The van der Waals surface area contributed by atoms with Crippen molar-refractivity contribution in [3.8, 4) is 22.6 Å². The summed E-state index contributed by atoms with van der Waals surface area (Å²) in [5.74, 6) is 1.18. The minimum absolute atomic E-state index is 0.123. The molecule has 0 aliphatic heterocycles. The van der Waals surface area contributed by atoms with E-state index in [1.54, 1.807) is 14.2 Å². The number of aromatic nitrogens is 1. The van der Waals surface area contributed by atoms with Crippen LogP contribution in [0.5, 0.6) is 11.5 Å². The molecular weight excluding hydrogens is 340 g/mol. The first-order valence-electron chi connectivity index (χ1n) is 8.78. The Bertz CT molecular complexity index is 932. The largest absolute Gasteiger partial charge is 0.493 e. The molecule has 3 aromatic rings. The zero-order valence-electron chi connectivity index (χ0n) is 16.0. The maximum Gasteiger partial charge on any atom is 0.268 e. The minimum atomic E-state index is -0.174. The lowest BCUT2D eigenvalue weighted by Crippen LogP contribution is -2.28. The van der Waals surface area contributed by atoms with Crippen LogP contribution in [-0.4, -0.2) is 24.7 Å². The molecule has 0 fully saturated rings. The van der Waals surface area contributed by atoms with E-state index in [-0.39, 0.29) is 11.9 Å². The molecule has 0 saturated heterocycles. The quantitative estimate of drug-likeness (QED) is 0.713. The lowest BCUT2D eigenvalue weighted by Gasteiger charge is -2.16. The molecule has 5 heteroatoms. The molecule has 0 radical (unpaired) electrons. The van der Waals surface area contributed by atoms with Crippen LogP contribution < -0.4 is 14.8 Å². The third-order valence-corrected chi connectivity index (χ3v) is 4.60. The first-order chi connectivity index (χ1) is 13.0. The number of methoxy groups -OCH3 is 2. The molecule has 0 saturated carbocycles. The second kappa shape index (κ2) is 7.99. The van der Waals surface area contributed by atoms with Gasteiger partial charge in [-0.15, -0.1) is 0 Å². The van der Waals surface area contributed by atoms with Crippen molar-refractivity contribution in [1.29, 1.82) is 0 Å². The molecule has 2 aromatic carbocycles. The van der Waals surface area contributed by atoms with Crippen LogP contribution in [-0.2, 0) is 7.05 Å². The zero-order valence-corrected chi connectivity index (χ0v) is 16.0. The third-order valence-electron chi connectivity index (χ3n) is 4.60. The molecule has 3 rings (SSSR count). The Hall–Kier alpha value is -3.21. The fourth-order valence-electron chi connectivity index (χ4n) is 3.05. The molecule has 1 amide bonds. The Kier molecular flexibility index (Phi) is 5.50. The lowest BCUT2D eigenvalue weighted by molar-refractivity contribution is 0.0931. The van der Waals surface area contributed by atoms with Crippen molar-refractivity contribution in [3.63, 3.8) is 0 Å². The molecular formula is C22H24N2O3. The molecule has 1 N–H and O–H groups in total. The van der Waals surface area contributed by atoms with E-state index in [9.17, 15) is 4.79 Å². The highest BCUT2D eigenvalue weighted by molar-refractivity contribution is 5.94. The second-order valence-electron chi connectivity index (χ2n) is 6.40. The Balaban J connectivity index is 1.78. The van der Waals surface area contributed by atoms with Crippen molar-refractivity contribution in [3.05, 3.63) is 72.1 Å². The summed E-state index contributed by atoms with van der Waals surface area (Å²) < 4.78 is 12.5. The van der Waals surface area contributed by atoms with E-state index in [2.05, 4.69) is 5.32 Å². The maximum atomic E-state index is 12.8. The summed E-state index contributed by atoms with van der Waals surface area (Å²) in [7, 11) is 5.07. The molecule has 5 nitrogen and oxygen atoms in total. The molecule has 1 aromatic heterocycles. The predicted molar refractivity (Wildman–Crippen MR) is 106 cm³/mol. The Labute approximate surface area is 159 Å². The van der Waals surface area contributed by atoms with Crippen molar-refractivity contribution < 1.29 is 14.3 Å². The highest BCUT2D eigenvalue weighted by atomic mass is 16.5. The number of hydrogen-bond acceptors (Lipinski definition) is 3. The standard InChI is InChI=1S/C22H24N2O3/c1-15(17-10-11-20(26-3)21(13-17)27-4)23-22(25)19-12-18(14-24(19)2)16-8-6-5-7-9-16/h5-15H,1-4H3,(H,23,25). The van der Waals surface area contributed by atoms with Crippen molar-refractivity contribution >= 4 is 5.91 Å². The molecule has 27 heavy (non-hydrogen) atoms. The molecule has 0 aliphatic rings. The Morgan fingerprint density at radius 1 is 0.963 bits per heavy atom. The monoisotopic (exact) mass is 364 g/mol. The van der Waals surface area contributed by atoms with Gasteiger partial charge in [-0.05, 0) is 36.2 Å². The fraction of sp³-hybridized carbons (Fsp3) is 0.227. The van der Waals surface area contributed by atoms with Gasteiger partial charge < -0.3 is 19.4 Å². The van der Waals surface area contributed by atoms with E-state index < -0.39 is 0 Å². The van der Waals surface area contributed by atoms with Crippen LogP contribution in [0.2, 0.25) is 0 Å². The molecule has 0 bridgehead atoms. The summed E-state index contributed by atoms with van der Waals surface area (Å²) in [6, 6.07) is 17.4. The van der Waals surface area contributed by atoms with E-state index in [0.29, 0.717) is 17.2 Å². The van der Waals surface area contributed by atoms with Gasteiger partial charge in [0.05, 0.1) is 20.3 Å². The summed E-state index contributed by atoms with van der Waals surface area (Å²) >= 11 is 0. The summed E-state index contributed by atoms with van der Waals surface area (Å²) in [6.07, 6.45) is 1.96. The zero-order chi connectivity index (χ0) is 19.4. The van der Waals surface area contributed by atoms with Crippen LogP contribution in [0.4, 0.5) is 0 Å². The van der Waals surface area contributed by atoms with Gasteiger partial charge >= 0.3 is 0 Å². The number of carbonyl (C=O) groups is 1. The number of aryl methyl sites for hydroxylation is 1. The Morgan fingerprint density at radius 3 is 2.33 bits per heavy atom. The summed E-state index contributed by atoms with van der Waals surface area (Å²) in [4.78, 5) is 12.8. The van der Waals surface area contributed by atoms with Gasteiger partial charge in [0.2, 0.25) is 0 Å². The van der Waals surface area contributed by atoms with Gasteiger partial charge in [-0.3, -0.25) is 4.79 Å². The van der Waals surface area contributed by atoms with Gasteiger partial charge in [0, 0.05) is 18.8 Å². The van der Waals surface area contributed by atoms with Crippen molar-refractivity contribution in [2.45, 2.75) is 13.0 Å². The van der Waals surface area contributed by atoms with E-state index in [1.807, 2.05) is 79.3 Å². The lowest BCUT2D eigenvalue weighted by atomic mass is 10.1. The molecule has 1 unspecified atom stereocenters. The number of benzene rings is 2. The van der Waals surface area contributed by atoms with Gasteiger partial charge in [0.15, 0.2) is 11.5 Å². The normalized spacial score (nSPS) is 11.7. The van der Waals surface area contributed by atoms with Crippen LogP contribution in [0.1, 0.15) is 29.0 Å². The van der Waals surface area contributed by atoms with E-state index in [4.69, 9.17) is 9.47 Å². The number of nitrogens with one attached hydrogen (secondary N) is 1. The fourth-order valence-corrected chi connectivity index (χ4v) is 3.05. The van der Waals surface area contributed by atoms with E-state index >= 15 is 0 Å². The Morgan fingerprint density at radius 2 is 1.67 bits per heavy atom. The second-order valence-corrected chi connectivity index (χ2v) is 6.40. The van der Waals surface area contributed by atoms with Crippen LogP contribution in [0.25, 0.3) is 11.1 Å². The number of nitrogens with zero attached hydrogens (tertiary/aromatic N) is 1. The number of amides is 1. The minimum Gasteiger partial charge on any atom is -0.493 e. The summed E-state index contributed by atoms with van der Waals surface area (Å²) in [6.45, 7) is 1.94. The average Bonchev–Trinajstić information content (AvgIpc) is 3.09. The van der Waals surface area contributed by atoms with Gasteiger partial charge in [-0.1, -0.05) is 36.4 Å². The van der Waals surface area contributed by atoms with Crippen LogP contribution in [0, 0.1) is 0 Å². The number of rotatable bonds is 6. The summed E-state index contributed by atoms with van der Waals surface area (Å²) in [5, 5.41) is 3.05. The van der Waals surface area contributed by atoms with Crippen LogP contribution in [0.3, 0.4) is 0 Å². The average molecular weight is 364 g/mol. The number of ether oxygens (including phenoxy) is 2. The smallest absolute Gasteiger partial charge is 0.268 e. The highest BCUT2D eigenvalue weighted by Crippen LogP contribution is 2.30. The number of carbonyl (C=O) groups excluding carboxylic acids is 1. The van der Waals surface area contributed by atoms with Crippen molar-refractivity contribution in [2.75, 3.05) is 14.2 Å². The molecule has 0 spiro atoms. The maximum absolute atomic E-state index is 12.8. The van der Waals surface area contributed by atoms with Gasteiger partial charge in [0.25, 0.3) is 5.91 Å². The third kappa shape index (κ3) is 3.97. The van der Waals surface area contributed by atoms with Crippen LogP contribution in [0.15, 0.2) is 60.8 Å². The molecule has 140 valence electrons. The predicted octanol–water partition coefficient (Wildman–Crippen LogP) is 4.20. The van der Waals surface area contributed by atoms with Crippen molar-refractivity contribution in [1.82, 2.24) is 9.88 Å². The van der Waals surface area contributed by atoms with Gasteiger partial charge in [-0.25, -0.2) is 0 Å². The SMILES string of the molecule is COc1ccc(C(C)NC(=O)c2cc(-c3ccccc3)cn2C)cc1OC. The van der Waals surface area contributed by atoms with E-state index in [1.165, 1.54) is 0 Å². The first-order valence-corrected chi connectivity index (χ1v) is 8.78. The highest BCUT2D eigenvalue weighted by Gasteiger charge is 2.17. The topological polar surface area (TPSA) is 52.5 Å².